The molecule has 1 atom stereocenters. The third kappa shape index (κ3) is 4.02. The van der Waals surface area contributed by atoms with Gasteiger partial charge in [0.2, 0.25) is 0 Å². The molecule has 0 saturated carbocycles. The number of aliphatic hydroxyl groups excluding tert-OH is 1. The largest absolute Gasteiger partial charge is 0.376 e. The maximum atomic E-state index is 14.6. The molecule has 0 aliphatic rings. The van der Waals surface area contributed by atoms with E-state index in [-0.39, 0.29) is 18.5 Å². The topological polar surface area (TPSA) is 72.2 Å². The van der Waals surface area contributed by atoms with Crippen molar-refractivity contribution in [3.8, 4) is 11.1 Å². The summed E-state index contributed by atoms with van der Waals surface area (Å²) >= 11 is 0. The zero-order chi connectivity index (χ0) is 20.1. The van der Waals surface area contributed by atoms with Crippen molar-refractivity contribution < 1.29 is 9.50 Å². The van der Waals surface area contributed by atoms with Gasteiger partial charge in [0.05, 0.1) is 5.54 Å². The highest BCUT2D eigenvalue weighted by Gasteiger charge is 2.31. The Morgan fingerprint density at radius 1 is 1.11 bits per heavy atom. The Hall–Kier alpha value is -3.25. The summed E-state index contributed by atoms with van der Waals surface area (Å²) in [6.07, 6.45) is 3.36. The van der Waals surface area contributed by atoms with Crippen LogP contribution in [0.3, 0.4) is 0 Å². The molecule has 6 heteroatoms. The highest BCUT2D eigenvalue weighted by molar-refractivity contribution is 5.78. The first-order valence-electron chi connectivity index (χ1n) is 8.90. The summed E-state index contributed by atoms with van der Waals surface area (Å²) in [5.74, 6) is -0.344. The first kappa shape index (κ1) is 19.5. The number of guanidine groups is 1. The molecule has 2 aromatic carbocycles. The molecule has 1 aromatic heterocycles. The van der Waals surface area contributed by atoms with E-state index in [1.807, 2.05) is 49.4 Å². The lowest BCUT2D eigenvalue weighted by molar-refractivity contribution is 0.185. The molecule has 0 aliphatic heterocycles. The summed E-state index contributed by atoms with van der Waals surface area (Å²) in [4.78, 5) is 5.48. The fourth-order valence-corrected chi connectivity index (χ4v) is 3.06. The van der Waals surface area contributed by atoms with Crippen LogP contribution < -0.4 is 5.32 Å². The molecule has 5 nitrogen and oxygen atoms in total. The van der Waals surface area contributed by atoms with E-state index in [9.17, 15) is 9.50 Å². The van der Waals surface area contributed by atoms with Crippen molar-refractivity contribution in [1.82, 2.24) is 15.2 Å². The number of benzene rings is 2. The second kappa shape index (κ2) is 8.19. The van der Waals surface area contributed by atoms with Gasteiger partial charge >= 0.3 is 0 Å². The van der Waals surface area contributed by atoms with Crippen molar-refractivity contribution in [1.29, 1.82) is 5.41 Å². The number of rotatable bonds is 5. The Morgan fingerprint density at radius 3 is 2.50 bits per heavy atom. The molecule has 0 fully saturated rings. The predicted octanol–water partition coefficient (Wildman–Crippen LogP) is 3.56. The van der Waals surface area contributed by atoms with Gasteiger partial charge in [0.25, 0.3) is 0 Å². The van der Waals surface area contributed by atoms with Crippen molar-refractivity contribution >= 4 is 5.96 Å². The van der Waals surface area contributed by atoms with Crippen LogP contribution in [0.2, 0.25) is 0 Å². The van der Waals surface area contributed by atoms with Crippen molar-refractivity contribution in [3.05, 3.63) is 90.0 Å². The molecular formula is C22H23FN4O. The number of halogens is 1. The van der Waals surface area contributed by atoms with Crippen LogP contribution >= 0.6 is 0 Å². The van der Waals surface area contributed by atoms with Gasteiger partial charge in [0.1, 0.15) is 12.5 Å². The monoisotopic (exact) mass is 378 g/mol. The molecule has 1 unspecified atom stereocenters. The minimum Gasteiger partial charge on any atom is -0.376 e. The summed E-state index contributed by atoms with van der Waals surface area (Å²) < 4.78 is 14.6. The fraction of sp³-hybridized carbons (Fsp3) is 0.182. The molecule has 0 bridgehead atoms. The van der Waals surface area contributed by atoms with Crippen molar-refractivity contribution in [2.75, 3.05) is 13.8 Å². The zero-order valence-electron chi connectivity index (χ0n) is 15.9. The number of aromatic nitrogens is 1. The Kier molecular flexibility index (Phi) is 5.70. The number of nitrogens with zero attached hydrogens (tertiary/aromatic N) is 2. The molecule has 28 heavy (non-hydrogen) atoms. The van der Waals surface area contributed by atoms with Crippen LogP contribution in [0.15, 0.2) is 73.1 Å². The first-order valence-corrected chi connectivity index (χ1v) is 8.90. The second-order valence-corrected chi connectivity index (χ2v) is 6.77. The van der Waals surface area contributed by atoms with Crippen LogP contribution in [-0.4, -0.2) is 34.7 Å². The van der Waals surface area contributed by atoms with Crippen molar-refractivity contribution in [2.45, 2.75) is 12.5 Å². The fourth-order valence-electron chi connectivity index (χ4n) is 3.06. The molecule has 0 saturated heterocycles. The Bertz CT molecular complexity index is 949. The molecule has 144 valence electrons. The number of pyridine rings is 1. The molecule has 3 aromatic rings. The van der Waals surface area contributed by atoms with Gasteiger partial charge in [-0.3, -0.25) is 10.4 Å². The number of nitrogens with one attached hydrogen (secondary N) is 2. The third-order valence-electron chi connectivity index (χ3n) is 4.78. The minimum absolute atomic E-state index is 0.0287. The van der Waals surface area contributed by atoms with Crippen LogP contribution in [0, 0.1) is 11.2 Å². The van der Waals surface area contributed by atoms with E-state index in [0.29, 0.717) is 11.1 Å². The van der Waals surface area contributed by atoms with E-state index in [4.69, 9.17) is 5.41 Å². The van der Waals surface area contributed by atoms with E-state index in [0.717, 1.165) is 11.1 Å². The van der Waals surface area contributed by atoms with Crippen LogP contribution in [0.1, 0.15) is 18.1 Å². The Balaban J connectivity index is 2.13. The molecule has 0 amide bonds. The van der Waals surface area contributed by atoms with Crippen LogP contribution in [0.25, 0.3) is 11.1 Å². The van der Waals surface area contributed by atoms with Crippen molar-refractivity contribution in [3.63, 3.8) is 0 Å². The Morgan fingerprint density at radius 2 is 1.86 bits per heavy atom. The molecule has 1 heterocycles. The highest BCUT2D eigenvalue weighted by Crippen LogP contribution is 2.33. The van der Waals surface area contributed by atoms with E-state index in [1.165, 1.54) is 17.0 Å². The van der Waals surface area contributed by atoms with Gasteiger partial charge in [-0.05, 0) is 47.9 Å². The summed E-state index contributed by atoms with van der Waals surface area (Å²) in [5.41, 5.74) is 2.15. The van der Waals surface area contributed by atoms with Crippen LogP contribution in [0.4, 0.5) is 4.39 Å². The quantitative estimate of drug-likeness (QED) is 0.361. The van der Waals surface area contributed by atoms with Gasteiger partial charge in [-0.25, -0.2) is 4.39 Å². The van der Waals surface area contributed by atoms with E-state index in [1.54, 1.807) is 25.5 Å². The van der Waals surface area contributed by atoms with Gasteiger partial charge in [-0.2, -0.15) is 0 Å². The number of hydrogen-bond donors (Lipinski definition) is 3. The van der Waals surface area contributed by atoms with Gasteiger partial charge < -0.3 is 15.3 Å². The van der Waals surface area contributed by atoms with E-state index in [2.05, 4.69) is 10.3 Å². The molecule has 0 spiro atoms. The highest BCUT2D eigenvalue weighted by atomic mass is 19.1. The molecule has 0 aliphatic carbocycles. The minimum atomic E-state index is -0.888. The zero-order valence-corrected chi connectivity index (χ0v) is 15.9. The third-order valence-corrected chi connectivity index (χ3v) is 4.78. The molecular weight excluding hydrogens is 355 g/mol. The SMILES string of the molecule is CN(CO)C(=N)NC(C)(c1ccccc1)c1cc(F)cc(-c2cccnc2)c1. The van der Waals surface area contributed by atoms with Gasteiger partial charge in [0, 0.05) is 25.0 Å². The standard InChI is InChI=1S/C22H23FN4O/c1-22(18-8-4-3-5-9-18,26-21(24)27(2)15-28)19-11-17(12-20(23)13-19)16-7-6-10-25-14-16/h3-14,28H,15H2,1-2H3,(H2,24,26). The average molecular weight is 378 g/mol. The number of aliphatic hydroxyl groups is 1. The lowest BCUT2D eigenvalue weighted by atomic mass is 9.83. The lowest BCUT2D eigenvalue weighted by Gasteiger charge is -2.35. The normalized spacial score (nSPS) is 12.9. The first-order chi connectivity index (χ1) is 13.4. The summed E-state index contributed by atoms with van der Waals surface area (Å²) in [6, 6.07) is 18.1. The number of hydrogen-bond acceptors (Lipinski definition) is 3. The average Bonchev–Trinajstić information content (AvgIpc) is 2.73. The molecule has 3 rings (SSSR count). The molecule has 0 radical (unpaired) electrons. The Labute approximate surface area is 164 Å². The maximum absolute atomic E-state index is 14.6. The second-order valence-electron chi connectivity index (χ2n) is 6.77. The lowest BCUT2D eigenvalue weighted by Crippen LogP contribution is -2.50. The predicted molar refractivity (Wildman–Crippen MR) is 108 cm³/mol. The summed E-state index contributed by atoms with van der Waals surface area (Å²) in [6.45, 7) is 1.59. The summed E-state index contributed by atoms with van der Waals surface area (Å²) in [5, 5.41) is 20.8. The molecule has 3 N–H and O–H groups in total. The maximum Gasteiger partial charge on any atom is 0.193 e. The van der Waals surface area contributed by atoms with Crippen LogP contribution in [0.5, 0.6) is 0 Å². The summed E-state index contributed by atoms with van der Waals surface area (Å²) in [7, 11) is 1.60. The van der Waals surface area contributed by atoms with Gasteiger partial charge in [-0.15, -0.1) is 0 Å². The van der Waals surface area contributed by atoms with Gasteiger partial charge in [0.15, 0.2) is 5.96 Å². The van der Waals surface area contributed by atoms with E-state index < -0.39 is 5.54 Å². The van der Waals surface area contributed by atoms with Crippen LogP contribution in [-0.2, 0) is 5.54 Å². The van der Waals surface area contributed by atoms with E-state index >= 15 is 0 Å². The van der Waals surface area contributed by atoms with Gasteiger partial charge in [-0.1, -0.05) is 36.4 Å². The smallest absolute Gasteiger partial charge is 0.193 e. The van der Waals surface area contributed by atoms with Crippen molar-refractivity contribution in [2.24, 2.45) is 0 Å².